The van der Waals surface area contributed by atoms with Gasteiger partial charge in [-0.3, -0.25) is 5.21 Å². The molecule has 0 atom stereocenters. The fourth-order valence-electron chi connectivity index (χ4n) is 0.941. The highest BCUT2D eigenvalue weighted by atomic mass is 16.5. The molecule has 0 unspecified atom stereocenters. The van der Waals surface area contributed by atoms with E-state index in [-0.39, 0.29) is 6.04 Å². The SMILES string of the molecule is CC(C)/[N+](O)=C/c1cccc(N)c1. The lowest BCUT2D eigenvalue weighted by atomic mass is 10.2. The van der Waals surface area contributed by atoms with Crippen molar-refractivity contribution in [2.45, 2.75) is 19.9 Å². The van der Waals surface area contributed by atoms with Gasteiger partial charge in [-0.2, -0.15) is 0 Å². The lowest BCUT2D eigenvalue weighted by molar-refractivity contribution is -0.791. The van der Waals surface area contributed by atoms with Crippen LogP contribution in [0.25, 0.3) is 0 Å². The largest absolute Gasteiger partial charge is 0.399 e. The van der Waals surface area contributed by atoms with E-state index in [4.69, 9.17) is 5.73 Å². The van der Waals surface area contributed by atoms with Crippen LogP contribution in [-0.4, -0.2) is 22.2 Å². The van der Waals surface area contributed by atoms with E-state index in [1.54, 1.807) is 6.21 Å². The molecule has 0 saturated carbocycles. The molecule has 3 heteroatoms. The van der Waals surface area contributed by atoms with Gasteiger partial charge in [0.25, 0.3) is 0 Å². The molecule has 1 aromatic carbocycles. The maximum atomic E-state index is 9.41. The number of rotatable bonds is 2. The van der Waals surface area contributed by atoms with Gasteiger partial charge < -0.3 is 5.73 Å². The molecule has 0 spiro atoms. The highest BCUT2D eigenvalue weighted by Gasteiger charge is 2.06. The van der Waals surface area contributed by atoms with Crippen molar-refractivity contribution in [3.8, 4) is 0 Å². The predicted octanol–water partition coefficient (Wildman–Crippen LogP) is 1.50. The van der Waals surface area contributed by atoms with Crippen LogP contribution in [-0.2, 0) is 0 Å². The Bertz CT molecular complexity index is 318. The molecule has 3 N–H and O–H groups in total. The molecule has 3 nitrogen and oxygen atoms in total. The molecule has 0 radical (unpaired) electrons. The Labute approximate surface area is 78.1 Å². The molecule has 1 rings (SSSR count). The third-order valence-electron chi connectivity index (χ3n) is 1.72. The van der Waals surface area contributed by atoms with Gasteiger partial charge in [-0.1, -0.05) is 6.07 Å². The first kappa shape index (κ1) is 9.58. The molecule has 0 aliphatic heterocycles. The molecule has 70 valence electrons. The molecule has 0 saturated heterocycles. The third-order valence-corrected chi connectivity index (χ3v) is 1.72. The molecule has 0 heterocycles. The van der Waals surface area contributed by atoms with Crippen LogP contribution < -0.4 is 5.73 Å². The number of hydrogen-bond acceptors (Lipinski definition) is 2. The number of hydrogen-bond donors (Lipinski definition) is 2. The van der Waals surface area contributed by atoms with E-state index < -0.39 is 0 Å². The Kier molecular flexibility index (Phi) is 2.90. The normalized spacial score (nSPS) is 12.1. The van der Waals surface area contributed by atoms with Gasteiger partial charge >= 0.3 is 0 Å². The summed E-state index contributed by atoms with van der Waals surface area (Å²) in [5.41, 5.74) is 7.19. The number of nitrogens with zero attached hydrogens (tertiary/aromatic N) is 1. The third kappa shape index (κ3) is 2.78. The van der Waals surface area contributed by atoms with Crippen LogP contribution in [0, 0.1) is 0 Å². The van der Waals surface area contributed by atoms with E-state index in [2.05, 4.69) is 0 Å². The summed E-state index contributed by atoms with van der Waals surface area (Å²) in [6, 6.07) is 7.44. The molecule has 0 aromatic heterocycles. The summed E-state index contributed by atoms with van der Waals surface area (Å²) in [4.78, 5) is 0. The van der Waals surface area contributed by atoms with Crippen molar-refractivity contribution in [3.63, 3.8) is 0 Å². The van der Waals surface area contributed by atoms with E-state index >= 15 is 0 Å². The van der Waals surface area contributed by atoms with Crippen molar-refractivity contribution < 1.29 is 9.95 Å². The first-order valence-electron chi connectivity index (χ1n) is 4.27. The summed E-state index contributed by atoms with van der Waals surface area (Å²) in [5.74, 6) is 0. The highest BCUT2D eigenvalue weighted by Crippen LogP contribution is 2.03. The van der Waals surface area contributed by atoms with E-state index in [1.165, 1.54) is 0 Å². The molecule has 0 amide bonds. The minimum Gasteiger partial charge on any atom is -0.399 e. The maximum Gasteiger partial charge on any atom is 0.223 e. The van der Waals surface area contributed by atoms with Crippen LogP contribution in [0.4, 0.5) is 5.69 Å². The van der Waals surface area contributed by atoms with Crippen LogP contribution in [0.3, 0.4) is 0 Å². The van der Waals surface area contributed by atoms with Crippen LogP contribution in [0.15, 0.2) is 24.3 Å². The van der Waals surface area contributed by atoms with Crippen LogP contribution in [0.1, 0.15) is 19.4 Å². The van der Waals surface area contributed by atoms with Crippen molar-refractivity contribution in [3.05, 3.63) is 29.8 Å². The minimum absolute atomic E-state index is 0.0708. The van der Waals surface area contributed by atoms with Crippen LogP contribution in [0.2, 0.25) is 0 Å². The molecule has 13 heavy (non-hydrogen) atoms. The van der Waals surface area contributed by atoms with Crippen molar-refractivity contribution in [2.24, 2.45) is 0 Å². The molecule has 0 aliphatic rings. The Hall–Kier alpha value is -1.51. The fraction of sp³-hybridized carbons (Fsp3) is 0.300. The summed E-state index contributed by atoms with van der Waals surface area (Å²) >= 11 is 0. The molecule has 0 aliphatic carbocycles. The number of hydroxylamine groups is 1. The standard InChI is InChI=1S/C10H15N2O/c1-8(2)12(13)7-9-4-3-5-10(11)6-9/h3-8,13H,11H2,1-2H3/q+1/b12-7-. The van der Waals surface area contributed by atoms with Gasteiger partial charge in [0.2, 0.25) is 6.21 Å². The number of nitrogen functional groups attached to an aromatic ring is 1. The molecule has 0 bridgehead atoms. The van der Waals surface area contributed by atoms with Crippen LogP contribution in [0.5, 0.6) is 0 Å². The quantitative estimate of drug-likeness (QED) is 0.238. The van der Waals surface area contributed by atoms with Crippen molar-refractivity contribution in [1.82, 2.24) is 0 Å². The number of benzene rings is 1. The summed E-state index contributed by atoms with van der Waals surface area (Å²) in [6.07, 6.45) is 1.65. The van der Waals surface area contributed by atoms with Gasteiger partial charge in [0.15, 0.2) is 6.04 Å². The van der Waals surface area contributed by atoms with Gasteiger partial charge in [-0.15, -0.1) is 0 Å². The smallest absolute Gasteiger partial charge is 0.223 e. The Morgan fingerprint density at radius 2 is 2.15 bits per heavy atom. The number of nitrogens with two attached hydrogens (primary N) is 1. The summed E-state index contributed by atoms with van der Waals surface area (Å²) in [5, 5.41) is 9.41. The van der Waals surface area contributed by atoms with Crippen LogP contribution >= 0.6 is 0 Å². The molecule has 0 fully saturated rings. The van der Waals surface area contributed by atoms with Gasteiger partial charge in [0.05, 0.1) is 0 Å². The monoisotopic (exact) mass is 179 g/mol. The second-order valence-electron chi connectivity index (χ2n) is 3.27. The highest BCUT2D eigenvalue weighted by molar-refractivity contribution is 5.77. The zero-order valence-electron chi connectivity index (χ0n) is 7.94. The van der Waals surface area contributed by atoms with Crippen molar-refractivity contribution in [1.29, 1.82) is 0 Å². The fourth-order valence-corrected chi connectivity index (χ4v) is 0.941. The first-order chi connectivity index (χ1) is 6.09. The van der Waals surface area contributed by atoms with Gasteiger partial charge in [0, 0.05) is 25.1 Å². The van der Waals surface area contributed by atoms with E-state index in [0.29, 0.717) is 5.69 Å². The van der Waals surface area contributed by atoms with Gasteiger partial charge in [0.1, 0.15) is 0 Å². The van der Waals surface area contributed by atoms with Gasteiger partial charge in [-0.05, 0) is 22.9 Å². The van der Waals surface area contributed by atoms with E-state index in [9.17, 15) is 5.21 Å². The lowest BCUT2D eigenvalue weighted by Crippen LogP contribution is -2.17. The summed E-state index contributed by atoms with van der Waals surface area (Å²) in [6.45, 7) is 3.81. The Morgan fingerprint density at radius 1 is 1.46 bits per heavy atom. The maximum absolute atomic E-state index is 9.41. The average Bonchev–Trinajstić information content (AvgIpc) is 2.04. The number of anilines is 1. The molecular weight excluding hydrogens is 164 g/mol. The minimum atomic E-state index is 0.0708. The molecular formula is C10H15N2O+. The van der Waals surface area contributed by atoms with Gasteiger partial charge in [-0.25, -0.2) is 0 Å². The summed E-state index contributed by atoms with van der Waals surface area (Å²) < 4.78 is 1.16. The average molecular weight is 179 g/mol. The Morgan fingerprint density at radius 3 is 2.69 bits per heavy atom. The van der Waals surface area contributed by atoms with Crippen molar-refractivity contribution in [2.75, 3.05) is 5.73 Å². The predicted molar refractivity (Wildman–Crippen MR) is 53.2 cm³/mol. The summed E-state index contributed by atoms with van der Waals surface area (Å²) in [7, 11) is 0. The molecule has 1 aromatic rings. The first-order valence-corrected chi connectivity index (χ1v) is 4.27. The van der Waals surface area contributed by atoms with E-state index in [1.807, 2.05) is 38.1 Å². The topological polar surface area (TPSA) is 49.3 Å². The lowest BCUT2D eigenvalue weighted by Gasteiger charge is -1.97. The van der Waals surface area contributed by atoms with Crippen molar-refractivity contribution >= 4 is 11.9 Å². The van der Waals surface area contributed by atoms with E-state index in [0.717, 1.165) is 10.3 Å². The Balaban J connectivity index is 2.91. The zero-order chi connectivity index (χ0) is 9.84. The second-order valence-corrected chi connectivity index (χ2v) is 3.27. The zero-order valence-corrected chi connectivity index (χ0v) is 7.94. The second kappa shape index (κ2) is 3.94.